The number of ether oxygens (including phenoxy) is 1. The van der Waals surface area contributed by atoms with Gasteiger partial charge in [0.2, 0.25) is 0 Å². The summed E-state index contributed by atoms with van der Waals surface area (Å²) in [6, 6.07) is 2.84. The quantitative estimate of drug-likeness (QED) is 0.329. The Morgan fingerprint density at radius 3 is 2.57 bits per heavy atom. The predicted octanol–water partition coefficient (Wildman–Crippen LogP) is 4.66. The Morgan fingerprint density at radius 1 is 1.29 bits per heavy atom. The summed E-state index contributed by atoms with van der Waals surface area (Å²) in [5.41, 5.74) is 0.246. The average Bonchev–Trinajstić information content (AvgIpc) is 2.83. The highest BCUT2D eigenvalue weighted by Crippen LogP contribution is 2.30. The molecule has 154 valence electrons. The van der Waals surface area contributed by atoms with Crippen LogP contribution in [-0.2, 0) is 11.8 Å². The fraction of sp³-hybridized carbons (Fsp3) is 0.267. The molecule has 13 heteroatoms. The van der Waals surface area contributed by atoms with E-state index in [-0.39, 0.29) is 22.1 Å². The number of aromatic nitrogens is 1. The molecule has 0 aliphatic rings. The van der Waals surface area contributed by atoms with Crippen LogP contribution in [-0.4, -0.2) is 23.1 Å². The molecule has 1 heterocycles. The van der Waals surface area contributed by atoms with E-state index in [1.54, 1.807) is 0 Å². The largest absolute Gasteiger partial charge is 0.524 e. The van der Waals surface area contributed by atoms with E-state index >= 15 is 0 Å². The van der Waals surface area contributed by atoms with E-state index in [9.17, 15) is 26.7 Å². The molecule has 2 aromatic rings. The molecule has 0 bridgehead atoms. The van der Waals surface area contributed by atoms with Gasteiger partial charge in [0.15, 0.2) is 11.6 Å². The fourth-order valence-corrected chi connectivity index (χ4v) is 2.99. The number of anilines is 2. The lowest BCUT2D eigenvalue weighted by molar-refractivity contribution is -0.341. The number of amides is 1. The van der Waals surface area contributed by atoms with E-state index < -0.39 is 30.1 Å². The van der Waals surface area contributed by atoms with Crippen molar-refractivity contribution in [2.24, 2.45) is 7.05 Å². The number of rotatable bonds is 7. The number of carbonyl (C=O) groups is 1. The van der Waals surface area contributed by atoms with Crippen molar-refractivity contribution in [3.63, 3.8) is 0 Å². The summed E-state index contributed by atoms with van der Waals surface area (Å²) in [7, 11) is 1.50. The molecule has 1 aromatic carbocycles. The van der Waals surface area contributed by atoms with Gasteiger partial charge in [-0.25, -0.2) is 13.5 Å². The molecule has 0 saturated carbocycles. The Labute approximate surface area is 165 Å². The summed E-state index contributed by atoms with van der Waals surface area (Å²) in [6.45, 7) is 1.15. The Hall–Kier alpha value is -2.02. The maximum atomic E-state index is 13.2. The van der Waals surface area contributed by atoms with Gasteiger partial charge in [-0.1, -0.05) is 11.6 Å². The summed E-state index contributed by atoms with van der Waals surface area (Å²) in [4.78, 5) is 12.4. The van der Waals surface area contributed by atoms with Crippen LogP contribution in [0.3, 0.4) is 0 Å². The molecule has 6 nitrogen and oxygen atoms in total. The number of aryl methyl sites for hydroxylation is 1. The minimum Gasteiger partial charge on any atom is -0.343 e. The molecule has 3 N–H and O–H groups in total. The van der Waals surface area contributed by atoms with Gasteiger partial charge in [-0.05, 0) is 19.1 Å². The van der Waals surface area contributed by atoms with Gasteiger partial charge in [0.05, 0.1) is 10.7 Å². The lowest BCUT2D eigenvalue weighted by Crippen LogP contribution is -2.30. The van der Waals surface area contributed by atoms with Crippen molar-refractivity contribution in [3.05, 3.63) is 46.7 Å². The number of halogens is 6. The van der Waals surface area contributed by atoms with Crippen LogP contribution >= 0.6 is 23.7 Å². The van der Waals surface area contributed by atoms with E-state index in [1.165, 1.54) is 23.9 Å². The van der Waals surface area contributed by atoms with Crippen LogP contribution in [0.2, 0.25) is 5.02 Å². The van der Waals surface area contributed by atoms with Gasteiger partial charge < -0.3 is 14.6 Å². The van der Waals surface area contributed by atoms with Crippen LogP contribution in [0.15, 0.2) is 24.4 Å². The van der Waals surface area contributed by atoms with Crippen LogP contribution in [0.4, 0.5) is 33.3 Å². The fourth-order valence-electron chi connectivity index (χ4n) is 2.08. The predicted molar refractivity (Wildman–Crippen MR) is 95.7 cm³/mol. The number of nitrogens with zero attached hydrogens (tertiary/aromatic N) is 1. The number of hydrogen-bond acceptors (Lipinski definition) is 5. The minimum atomic E-state index is -4.79. The van der Waals surface area contributed by atoms with Crippen molar-refractivity contribution >= 4 is 41.0 Å². The molecule has 2 rings (SSSR count). The number of carbonyl (C=O) groups excluding carboxylic acids is 1. The maximum absolute atomic E-state index is 13.2. The van der Waals surface area contributed by atoms with E-state index in [4.69, 9.17) is 11.6 Å². The average molecular weight is 445 g/mol. The third-order valence-electron chi connectivity index (χ3n) is 3.21. The van der Waals surface area contributed by atoms with Crippen LogP contribution in [0.25, 0.3) is 0 Å². The molecule has 0 fully saturated rings. The summed E-state index contributed by atoms with van der Waals surface area (Å²) in [5.74, 6) is -2.89. The zero-order valence-electron chi connectivity index (χ0n) is 14.3. The summed E-state index contributed by atoms with van der Waals surface area (Å²) in [5, 5.41) is 2.35. The lowest BCUT2D eigenvalue weighted by Gasteiger charge is -2.15. The van der Waals surface area contributed by atoms with Gasteiger partial charge in [0.1, 0.15) is 11.9 Å². The molecule has 1 amide bonds. The number of alkyl halides is 3. The number of hydrogen-bond donors (Lipinski definition) is 3. The Balaban J connectivity index is 2.02. The molecule has 0 saturated heterocycles. The topological polar surface area (TPSA) is 67.3 Å². The van der Waals surface area contributed by atoms with Crippen molar-refractivity contribution in [1.29, 1.82) is 0 Å². The summed E-state index contributed by atoms with van der Waals surface area (Å²) in [6.07, 6.45) is -4.72. The SMILES string of the molecule is CC(NSNc1cn(C)c(C(=O)Nc2ccc(F)c(F)c2)c1Cl)OC(F)(F)F. The first-order chi connectivity index (χ1) is 13.0. The van der Waals surface area contributed by atoms with Gasteiger partial charge in [-0.2, -0.15) is 0 Å². The minimum absolute atomic E-state index is 0.00547. The molecular weight excluding hydrogens is 431 g/mol. The van der Waals surface area contributed by atoms with E-state index in [1.807, 2.05) is 0 Å². The molecule has 0 radical (unpaired) electrons. The van der Waals surface area contributed by atoms with Crippen LogP contribution in [0.5, 0.6) is 0 Å². The molecule has 0 aliphatic heterocycles. The zero-order chi connectivity index (χ0) is 21.1. The van der Waals surface area contributed by atoms with Gasteiger partial charge in [-0.3, -0.25) is 9.53 Å². The lowest BCUT2D eigenvalue weighted by atomic mass is 10.3. The maximum Gasteiger partial charge on any atom is 0.524 e. The van der Waals surface area contributed by atoms with E-state index in [2.05, 4.69) is 19.5 Å². The second kappa shape index (κ2) is 8.99. The third kappa shape index (κ3) is 5.99. The molecule has 1 unspecified atom stereocenters. The first kappa shape index (κ1) is 22.3. The monoisotopic (exact) mass is 444 g/mol. The first-order valence-electron chi connectivity index (χ1n) is 7.51. The molecule has 28 heavy (non-hydrogen) atoms. The highest BCUT2D eigenvalue weighted by molar-refractivity contribution is 7.98. The van der Waals surface area contributed by atoms with Crippen molar-refractivity contribution in [2.75, 3.05) is 10.0 Å². The second-order valence-corrected chi connectivity index (χ2v) is 6.45. The van der Waals surface area contributed by atoms with Crippen LogP contribution in [0, 0.1) is 11.6 Å². The number of nitrogens with one attached hydrogen (secondary N) is 3. The zero-order valence-corrected chi connectivity index (χ0v) is 15.9. The summed E-state index contributed by atoms with van der Waals surface area (Å²) >= 11 is 6.80. The van der Waals surface area contributed by atoms with E-state index in [0.717, 1.165) is 19.1 Å². The Kier molecular flexibility index (Phi) is 7.15. The Bertz CT molecular complexity index is 862. The van der Waals surface area contributed by atoms with Crippen LogP contribution in [0.1, 0.15) is 17.4 Å². The van der Waals surface area contributed by atoms with Gasteiger partial charge in [-0.15, -0.1) is 13.2 Å². The third-order valence-corrected chi connectivity index (χ3v) is 4.36. The van der Waals surface area contributed by atoms with Crippen molar-refractivity contribution < 1.29 is 31.5 Å². The molecule has 0 spiro atoms. The van der Waals surface area contributed by atoms with Crippen molar-refractivity contribution in [2.45, 2.75) is 19.5 Å². The second-order valence-electron chi connectivity index (χ2n) is 5.43. The van der Waals surface area contributed by atoms with Crippen molar-refractivity contribution in [1.82, 2.24) is 9.29 Å². The van der Waals surface area contributed by atoms with Gasteiger partial charge in [0.25, 0.3) is 5.91 Å². The number of benzene rings is 1. The summed E-state index contributed by atoms with van der Waals surface area (Å²) < 4.78 is 72.5. The first-order valence-corrected chi connectivity index (χ1v) is 8.70. The standard InChI is InChI=1S/C15H14ClF5N4O2S/c1-7(27-15(19,20)21)23-28-24-11-6-25(2)13(12(11)16)14(26)22-8-3-4-9(17)10(18)5-8/h3-7,23-24H,1-2H3,(H,22,26). The highest BCUT2D eigenvalue weighted by atomic mass is 35.5. The van der Waals surface area contributed by atoms with Crippen molar-refractivity contribution in [3.8, 4) is 0 Å². The smallest absolute Gasteiger partial charge is 0.343 e. The van der Waals surface area contributed by atoms with Crippen LogP contribution < -0.4 is 14.8 Å². The highest BCUT2D eigenvalue weighted by Gasteiger charge is 2.32. The Morgan fingerprint density at radius 2 is 1.96 bits per heavy atom. The van der Waals surface area contributed by atoms with E-state index in [0.29, 0.717) is 12.1 Å². The van der Waals surface area contributed by atoms with Gasteiger partial charge >= 0.3 is 6.36 Å². The van der Waals surface area contributed by atoms with Gasteiger partial charge in [0, 0.05) is 37.1 Å². The molecular formula is C15H14ClF5N4O2S. The normalized spacial score (nSPS) is 12.7. The molecule has 1 atom stereocenters. The molecule has 1 aromatic heterocycles. The molecule has 0 aliphatic carbocycles.